The van der Waals surface area contributed by atoms with Gasteiger partial charge in [0.05, 0.1) is 23.7 Å². The van der Waals surface area contributed by atoms with E-state index in [9.17, 15) is 19.5 Å². The first-order valence-electron chi connectivity index (χ1n) is 18.4. The van der Waals surface area contributed by atoms with Gasteiger partial charge in [-0.1, -0.05) is 81.4 Å². The maximum absolute atomic E-state index is 14.2. The van der Waals surface area contributed by atoms with E-state index in [1.807, 2.05) is 126 Å². The second-order valence-corrected chi connectivity index (χ2v) is 17.4. The molecule has 1 saturated heterocycles. The number of nitrogens with one attached hydrogen (secondary N) is 3. The number of carbonyl (C=O) groups is 3. The van der Waals surface area contributed by atoms with Gasteiger partial charge in [0.15, 0.2) is 0 Å². The fourth-order valence-corrected chi connectivity index (χ4v) is 7.82. The average Bonchev–Trinajstić information content (AvgIpc) is 3.12. The monoisotopic (exact) mass is 738 g/mol. The molecule has 4 aromatic rings. The molecule has 0 aliphatic carbocycles. The van der Waals surface area contributed by atoms with E-state index in [0.717, 1.165) is 28.7 Å². The summed E-state index contributed by atoms with van der Waals surface area (Å²) in [6.07, 6.45) is 4.48. The summed E-state index contributed by atoms with van der Waals surface area (Å²) in [5, 5.41) is 22.4. The molecule has 0 spiro atoms. The summed E-state index contributed by atoms with van der Waals surface area (Å²) in [5.41, 5.74) is 1.91. The zero-order chi connectivity index (χ0) is 38.2. The highest BCUT2D eigenvalue weighted by molar-refractivity contribution is 7.99. The second kappa shape index (κ2) is 17.7. The quantitative estimate of drug-likeness (QED) is 0.140. The maximum atomic E-state index is 14.2. The van der Waals surface area contributed by atoms with E-state index in [-0.39, 0.29) is 23.4 Å². The topological polar surface area (TPSA) is 137 Å². The number of pyridine rings is 2. The lowest BCUT2D eigenvalue weighted by Gasteiger charge is -2.41. The van der Waals surface area contributed by atoms with Gasteiger partial charge in [-0.15, -0.1) is 0 Å². The van der Waals surface area contributed by atoms with Crippen LogP contribution in [0, 0.1) is 5.41 Å². The molecule has 0 unspecified atom stereocenters. The Balaban J connectivity index is 1.33. The molecule has 0 radical (unpaired) electrons. The molecule has 3 amide bonds. The van der Waals surface area contributed by atoms with Crippen molar-refractivity contribution in [2.24, 2.45) is 5.41 Å². The van der Waals surface area contributed by atoms with Crippen molar-refractivity contribution < 1.29 is 19.5 Å². The summed E-state index contributed by atoms with van der Waals surface area (Å²) in [5.74, 6) is -0.123. The van der Waals surface area contributed by atoms with Gasteiger partial charge in [-0.05, 0) is 74.8 Å². The highest BCUT2D eigenvalue weighted by Crippen LogP contribution is 2.31. The largest absolute Gasteiger partial charge is 0.390 e. The number of likely N-dealkylation sites (tertiary alicyclic amines) is 1. The minimum absolute atomic E-state index is 0.0715. The lowest BCUT2D eigenvalue weighted by Crippen LogP contribution is -2.61. The summed E-state index contributed by atoms with van der Waals surface area (Å²) in [6.45, 7) is 12.4. The Morgan fingerprint density at radius 1 is 0.906 bits per heavy atom. The fourth-order valence-electron chi connectivity index (χ4n) is 6.63. The molecular formula is C42H54N6O4S. The summed E-state index contributed by atoms with van der Waals surface area (Å²) < 4.78 is 0. The Bertz CT molecular complexity index is 1830. The van der Waals surface area contributed by atoms with Gasteiger partial charge in [0.1, 0.15) is 11.7 Å². The van der Waals surface area contributed by atoms with E-state index in [0.29, 0.717) is 24.9 Å². The third-order valence-corrected chi connectivity index (χ3v) is 10.8. The minimum Gasteiger partial charge on any atom is -0.390 e. The number of aromatic nitrogens is 2. The minimum atomic E-state index is -1.01. The first-order valence-corrected chi connectivity index (χ1v) is 19.5. The molecule has 2 aromatic carbocycles. The number of para-hydroxylation sites is 1. The molecule has 4 N–H and O–H groups in total. The third kappa shape index (κ3) is 11.6. The van der Waals surface area contributed by atoms with E-state index < -0.39 is 47.0 Å². The number of aliphatic hydroxyl groups excluding tert-OH is 1. The van der Waals surface area contributed by atoms with Crippen molar-refractivity contribution in [1.82, 2.24) is 30.8 Å². The highest BCUT2D eigenvalue weighted by atomic mass is 32.2. The molecule has 5 atom stereocenters. The van der Waals surface area contributed by atoms with Crippen LogP contribution in [-0.2, 0) is 21.8 Å². The Kier molecular flexibility index (Phi) is 13.3. The van der Waals surface area contributed by atoms with Gasteiger partial charge >= 0.3 is 0 Å². The predicted molar refractivity (Wildman–Crippen MR) is 212 cm³/mol. The van der Waals surface area contributed by atoms with Crippen LogP contribution in [0.25, 0.3) is 10.9 Å². The molecule has 1 aliphatic heterocycles. The molecule has 0 saturated carbocycles. The van der Waals surface area contributed by atoms with Crippen LogP contribution in [0.4, 0.5) is 0 Å². The van der Waals surface area contributed by atoms with E-state index in [4.69, 9.17) is 0 Å². The highest BCUT2D eigenvalue weighted by Gasteiger charge is 2.39. The average molecular weight is 739 g/mol. The van der Waals surface area contributed by atoms with Gasteiger partial charge in [0.2, 0.25) is 11.8 Å². The summed E-state index contributed by atoms with van der Waals surface area (Å²) in [6, 6.07) is 22.7. The number of amides is 3. The van der Waals surface area contributed by atoms with Gasteiger partial charge in [-0.25, -0.2) is 4.98 Å². The Hall–Kier alpha value is -4.32. The van der Waals surface area contributed by atoms with Crippen molar-refractivity contribution >= 4 is 40.4 Å². The number of hydrogen-bond acceptors (Lipinski definition) is 8. The lowest BCUT2D eigenvalue weighted by molar-refractivity contribution is -0.131. The first kappa shape index (κ1) is 39.9. The number of aliphatic hydroxyl groups is 1. The molecule has 1 aliphatic rings. The number of benzene rings is 2. The molecular weight excluding hydrogens is 685 g/mol. The van der Waals surface area contributed by atoms with E-state index in [1.165, 1.54) is 0 Å². The Morgan fingerprint density at radius 2 is 1.62 bits per heavy atom. The standard InChI is InChI=1S/C42H54N6O4S/c1-41(2,3)37(46-38(50)33-19-18-30-16-10-11-17-32(30)44-33)40(52)45-34(23-28-13-8-7-9-14-28)36(49)26-48-22-20-31(53-27-29-15-12-21-43-25-29)24-35(48)39(51)47-42(4,5)6/h7-19,21,25,31,34-37,49H,20,22-24,26-27H2,1-6H3,(H,45,52)(H,46,50)(H,47,51)/t31-,34+,35+,36-,37-/m1/s1. The SMILES string of the molecule is CC(C)(C)NC(=O)[C@@H]1C[C@H](SCc2cccnc2)CCN1C[C@@H](O)[C@H](Cc1ccccc1)NC(=O)[C@@H](NC(=O)c1ccc2ccccc2n1)C(C)(C)C. The maximum Gasteiger partial charge on any atom is 0.270 e. The van der Waals surface area contributed by atoms with Crippen LogP contribution < -0.4 is 16.0 Å². The molecule has 10 nitrogen and oxygen atoms in total. The second-order valence-electron chi connectivity index (χ2n) is 16.1. The smallest absolute Gasteiger partial charge is 0.270 e. The molecule has 11 heteroatoms. The summed E-state index contributed by atoms with van der Waals surface area (Å²) in [4.78, 5) is 52.3. The molecule has 53 heavy (non-hydrogen) atoms. The first-order chi connectivity index (χ1) is 25.2. The molecule has 282 valence electrons. The van der Waals surface area contributed by atoms with Crippen molar-refractivity contribution in [1.29, 1.82) is 0 Å². The normalized spacial score (nSPS) is 18.5. The number of thioether (sulfide) groups is 1. The van der Waals surface area contributed by atoms with Crippen LogP contribution in [-0.4, -0.2) is 85.8 Å². The summed E-state index contributed by atoms with van der Waals surface area (Å²) in [7, 11) is 0. The number of piperidine rings is 1. The third-order valence-electron chi connectivity index (χ3n) is 9.42. The van der Waals surface area contributed by atoms with Crippen LogP contribution in [0.15, 0.2) is 91.3 Å². The molecule has 3 heterocycles. The zero-order valence-electron chi connectivity index (χ0n) is 31.7. The van der Waals surface area contributed by atoms with Crippen molar-refractivity contribution in [3.8, 4) is 0 Å². The number of rotatable bonds is 13. The molecule has 5 rings (SSSR count). The summed E-state index contributed by atoms with van der Waals surface area (Å²) >= 11 is 1.83. The molecule has 2 aromatic heterocycles. The zero-order valence-corrected chi connectivity index (χ0v) is 32.5. The van der Waals surface area contributed by atoms with Gasteiger partial charge < -0.3 is 21.1 Å². The van der Waals surface area contributed by atoms with Gasteiger partial charge in [-0.2, -0.15) is 11.8 Å². The van der Waals surface area contributed by atoms with E-state index >= 15 is 0 Å². The van der Waals surface area contributed by atoms with Crippen molar-refractivity contribution in [3.05, 3.63) is 108 Å². The van der Waals surface area contributed by atoms with Crippen LogP contribution in [0.5, 0.6) is 0 Å². The van der Waals surface area contributed by atoms with Crippen molar-refractivity contribution in [2.45, 2.75) is 102 Å². The Labute approximate surface area is 318 Å². The van der Waals surface area contributed by atoms with Crippen molar-refractivity contribution in [2.75, 3.05) is 13.1 Å². The van der Waals surface area contributed by atoms with E-state index in [2.05, 4.69) is 36.9 Å². The van der Waals surface area contributed by atoms with Crippen LogP contribution in [0.1, 0.15) is 76.0 Å². The number of fused-ring (bicyclic) bond motifs is 1. The van der Waals surface area contributed by atoms with Crippen LogP contribution >= 0.6 is 11.8 Å². The number of nitrogens with zero attached hydrogens (tertiary/aromatic N) is 3. The molecule has 1 fully saturated rings. The van der Waals surface area contributed by atoms with Crippen molar-refractivity contribution in [3.63, 3.8) is 0 Å². The van der Waals surface area contributed by atoms with E-state index in [1.54, 1.807) is 12.3 Å². The van der Waals surface area contributed by atoms with Crippen LogP contribution in [0.3, 0.4) is 0 Å². The van der Waals surface area contributed by atoms with Gasteiger partial charge in [0.25, 0.3) is 5.91 Å². The number of carbonyl (C=O) groups excluding carboxylic acids is 3. The Morgan fingerprint density at radius 3 is 2.32 bits per heavy atom. The fraction of sp³-hybridized carbons (Fsp3) is 0.452. The van der Waals surface area contributed by atoms with Gasteiger partial charge in [0, 0.05) is 47.4 Å². The number of β-amino-alcohol motifs (C(OH)–C–C–N with tert-alkyl or cyclic N) is 1. The molecule has 0 bridgehead atoms. The predicted octanol–water partition coefficient (Wildman–Crippen LogP) is 5.54. The number of hydrogen-bond donors (Lipinski definition) is 4. The van der Waals surface area contributed by atoms with Crippen LogP contribution in [0.2, 0.25) is 0 Å². The van der Waals surface area contributed by atoms with Gasteiger partial charge in [-0.3, -0.25) is 24.3 Å². The lowest BCUT2D eigenvalue weighted by atomic mass is 9.85.